The van der Waals surface area contributed by atoms with Crippen molar-refractivity contribution in [2.75, 3.05) is 12.4 Å². The molecule has 0 atom stereocenters. The topological polar surface area (TPSA) is 34.1 Å². The summed E-state index contributed by atoms with van der Waals surface area (Å²) in [6.07, 6.45) is 1.63. The minimum atomic E-state index is -0.741. The molecule has 0 radical (unpaired) electrons. The summed E-state index contributed by atoms with van der Waals surface area (Å²) in [6, 6.07) is 5.49. The van der Waals surface area contributed by atoms with Gasteiger partial charge in [0.25, 0.3) is 0 Å². The van der Waals surface area contributed by atoms with Crippen molar-refractivity contribution in [1.29, 1.82) is 0 Å². The molecule has 1 heterocycles. The minimum absolute atomic E-state index is 0.00998. The third-order valence-corrected chi connectivity index (χ3v) is 3.02. The van der Waals surface area contributed by atoms with Gasteiger partial charge in [0, 0.05) is 19.3 Å². The third-order valence-electron chi connectivity index (χ3n) is 2.43. The Balaban J connectivity index is 2.14. The van der Waals surface area contributed by atoms with Gasteiger partial charge in [-0.1, -0.05) is 0 Å². The average Bonchev–Trinajstić information content (AvgIpc) is 2.37. The molecule has 0 bridgehead atoms. The van der Waals surface area contributed by atoms with E-state index in [4.69, 9.17) is 4.74 Å². The Hall–Kier alpha value is -1.69. The van der Waals surface area contributed by atoms with Gasteiger partial charge in [0.05, 0.1) is 4.47 Å². The third kappa shape index (κ3) is 3.41. The van der Waals surface area contributed by atoms with E-state index >= 15 is 0 Å². The number of nitrogens with one attached hydrogen (secondary N) is 1. The fourth-order valence-electron chi connectivity index (χ4n) is 1.52. The lowest BCUT2D eigenvalue weighted by Crippen LogP contribution is -2.00. The summed E-state index contributed by atoms with van der Waals surface area (Å²) >= 11 is 3.07. The summed E-state index contributed by atoms with van der Waals surface area (Å²) in [5.74, 6) is -0.711. The zero-order valence-corrected chi connectivity index (χ0v) is 11.7. The highest BCUT2D eigenvalue weighted by atomic mass is 79.9. The molecular formula is C13H11BrF2N2O. The van der Waals surface area contributed by atoms with Gasteiger partial charge in [0.1, 0.15) is 18.2 Å². The molecule has 0 spiro atoms. The van der Waals surface area contributed by atoms with Crippen LogP contribution in [0.15, 0.2) is 34.9 Å². The van der Waals surface area contributed by atoms with Gasteiger partial charge in [-0.05, 0) is 39.7 Å². The molecule has 0 aliphatic carbocycles. The summed E-state index contributed by atoms with van der Waals surface area (Å²) in [7, 11) is 1.75. The number of nitrogens with zero attached hydrogens (tertiary/aromatic N) is 1. The van der Waals surface area contributed by atoms with Crippen LogP contribution in [0.5, 0.6) is 5.75 Å². The lowest BCUT2D eigenvalue weighted by molar-refractivity contribution is 0.287. The molecule has 1 N–H and O–H groups in total. The Labute approximate surface area is 117 Å². The number of hydrogen-bond donors (Lipinski definition) is 1. The standard InChI is InChI=1S/C13H11BrF2N2O/c1-17-12-4-8(2-3-18-12)7-19-13-10(14)5-9(15)6-11(13)16/h2-6H,7H2,1H3,(H,17,18). The monoisotopic (exact) mass is 328 g/mol. The van der Waals surface area contributed by atoms with E-state index in [0.717, 1.165) is 17.7 Å². The number of benzene rings is 1. The Morgan fingerprint density at radius 2 is 2.11 bits per heavy atom. The number of anilines is 1. The molecule has 100 valence electrons. The van der Waals surface area contributed by atoms with E-state index in [1.54, 1.807) is 25.4 Å². The number of halogens is 3. The molecule has 1 aromatic heterocycles. The van der Waals surface area contributed by atoms with Crippen LogP contribution < -0.4 is 10.1 Å². The fraction of sp³-hybridized carbons (Fsp3) is 0.154. The van der Waals surface area contributed by atoms with Gasteiger partial charge in [-0.3, -0.25) is 0 Å². The van der Waals surface area contributed by atoms with Gasteiger partial charge in [-0.2, -0.15) is 0 Å². The van der Waals surface area contributed by atoms with E-state index in [1.807, 2.05) is 0 Å². The van der Waals surface area contributed by atoms with Crippen molar-refractivity contribution in [1.82, 2.24) is 4.98 Å². The SMILES string of the molecule is CNc1cc(COc2c(F)cc(F)cc2Br)ccn1. The Morgan fingerprint density at radius 3 is 2.79 bits per heavy atom. The van der Waals surface area contributed by atoms with Gasteiger partial charge >= 0.3 is 0 Å². The molecule has 2 rings (SSSR count). The highest BCUT2D eigenvalue weighted by molar-refractivity contribution is 9.10. The Bertz CT molecular complexity index is 570. The molecule has 0 aliphatic rings. The van der Waals surface area contributed by atoms with Crippen molar-refractivity contribution < 1.29 is 13.5 Å². The molecular weight excluding hydrogens is 318 g/mol. The minimum Gasteiger partial charge on any atom is -0.485 e. The van der Waals surface area contributed by atoms with Crippen LogP contribution in [0.1, 0.15) is 5.56 Å². The second-order valence-corrected chi connectivity index (χ2v) is 4.64. The molecule has 0 fully saturated rings. The van der Waals surface area contributed by atoms with Crippen LogP contribution >= 0.6 is 15.9 Å². The van der Waals surface area contributed by atoms with Crippen LogP contribution in [0.3, 0.4) is 0 Å². The van der Waals surface area contributed by atoms with Gasteiger partial charge in [0.2, 0.25) is 0 Å². The van der Waals surface area contributed by atoms with E-state index in [2.05, 4.69) is 26.2 Å². The number of hydrogen-bond acceptors (Lipinski definition) is 3. The first-order valence-electron chi connectivity index (χ1n) is 5.50. The van der Waals surface area contributed by atoms with Gasteiger partial charge in [0.15, 0.2) is 11.6 Å². The second kappa shape index (κ2) is 5.97. The van der Waals surface area contributed by atoms with Crippen molar-refractivity contribution in [3.8, 4) is 5.75 Å². The highest BCUT2D eigenvalue weighted by Crippen LogP contribution is 2.29. The maximum absolute atomic E-state index is 13.5. The smallest absolute Gasteiger partial charge is 0.169 e. The first-order chi connectivity index (χ1) is 9.10. The second-order valence-electron chi connectivity index (χ2n) is 3.79. The van der Waals surface area contributed by atoms with Crippen LogP contribution in [-0.2, 0) is 6.61 Å². The lowest BCUT2D eigenvalue weighted by Gasteiger charge is -2.10. The van der Waals surface area contributed by atoms with E-state index in [1.165, 1.54) is 0 Å². The van der Waals surface area contributed by atoms with Crippen molar-refractivity contribution in [3.05, 3.63) is 52.1 Å². The summed E-state index contributed by atoms with van der Waals surface area (Å²) in [4.78, 5) is 4.06. The number of rotatable bonds is 4. The number of pyridine rings is 1. The molecule has 0 aliphatic heterocycles. The zero-order chi connectivity index (χ0) is 13.8. The van der Waals surface area contributed by atoms with Crippen molar-refractivity contribution in [3.63, 3.8) is 0 Å². The zero-order valence-electron chi connectivity index (χ0n) is 10.1. The normalized spacial score (nSPS) is 10.3. The van der Waals surface area contributed by atoms with Gasteiger partial charge in [-0.25, -0.2) is 13.8 Å². The predicted octanol–water partition coefficient (Wildman–Crippen LogP) is 3.74. The summed E-state index contributed by atoms with van der Waals surface area (Å²) in [5.41, 5.74) is 0.829. The van der Waals surface area contributed by atoms with E-state index in [0.29, 0.717) is 5.82 Å². The first kappa shape index (κ1) is 13.7. The van der Waals surface area contributed by atoms with E-state index < -0.39 is 11.6 Å². The molecule has 0 amide bonds. The van der Waals surface area contributed by atoms with Crippen LogP contribution in [0.2, 0.25) is 0 Å². The fourth-order valence-corrected chi connectivity index (χ4v) is 2.05. The van der Waals surface area contributed by atoms with Crippen molar-refractivity contribution in [2.45, 2.75) is 6.61 Å². The van der Waals surface area contributed by atoms with Crippen LogP contribution in [-0.4, -0.2) is 12.0 Å². The van der Waals surface area contributed by atoms with Crippen LogP contribution in [0.25, 0.3) is 0 Å². The number of aromatic nitrogens is 1. The Kier molecular flexibility index (Phi) is 4.31. The van der Waals surface area contributed by atoms with Gasteiger partial charge in [-0.15, -0.1) is 0 Å². The van der Waals surface area contributed by atoms with Crippen LogP contribution in [0.4, 0.5) is 14.6 Å². The predicted molar refractivity (Wildman–Crippen MR) is 72.2 cm³/mol. The summed E-state index contributed by atoms with van der Waals surface area (Å²) in [6.45, 7) is 0.165. The largest absolute Gasteiger partial charge is 0.485 e. The van der Waals surface area contributed by atoms with Gasteiger partial charge < -0.3 is 10.1 Å². The molecule has 2 aromatic rings. The molecule has 0 saturated heterocycles. The van der Waals surface area contributed by atoms with E-state index in [9.17, 15) is 8.78 Å². The molecule has 1 aromatic carbocycles. The molecule has 19 heavy (non-hydrogen) atoms. The molecule has 6 heteroatoms. The maximum atomic E-state index is 13.5. The highest BCUT2D eigenvalue weighted by Gasteiger charge is 2.11. The molecule has 3 nitrogen and oxygen atoms in total. The molecule has 0 unspecified atom stereocenters. The van der Waals surface area contributed by atoms with E-state index in [-0.39, 0.29) is 16.8 Å². The lowest BCUT2D eigenvalue weighted by atomic mass is 10.2. The van der Waals surface area contributed by atoms with Crippen molar-refractivity contribution in [2.24, 2.45) is 0 Å². The molecule has 0 saturated carbocycles. The van der Waals surface area contributed by atoms with Crippen molar-refractivity contribution >= 4 is 21.7 Å². The Morgan fingerprint density at radius 1 is 1.32 bits per heavy atom. The summed E-state index contributed by atoms with van der Waals surface area (Å²) in [5, 5.41) is 2.90. The summed E-state index contributed by atoms with van der Waals surface area (Å²) < 4.78 is 32.1. The average molecular weight is 329 g/mol. The first-order valence-corrected chi connectivity index (χ1v) is 6.29. The maximum Gasteiger partial charge on any atom is 0.169 e. The quantitative estimate of drug-likeness (QED) is 0.928. The number of ether oxygens (including phenoxy) is 1. The van der Waals surface area contributed by atoms with Crippen LogP contribution in [0, 0.1) is 11.6 Å².